The second-order valence-electron chi connectivity index (χ2n) is 15.1. The maximum absolute atomic E-state index is 12.8. The second kappa shape index (κ2) is 8.09. The van der Waals surface area contributed by atoms with E-state index in [1.807, 2.05) is 0 Å². The topological polar surface area (TPSA) is 63.6 Å². The summed E-state index contributed by atoms with van der Waals surface area (Å²) >= 11 is 0. The molecule has 4 nitrogen and oxygen atoms in total. The van der Waals surface area contributed by atoms with Crippen molar-refractivity contribution in [1.29, 1.82) is 0 Å². The summed E-state index contributed by atoms with van der Waals surface area (Å²) in [6, 6.07) is 0. The summed E-state index contributed by atoms with van der Waals surface area (Å²) in [7, 11) is 0. The molecule has 5 rings (SSSR count). The van der Waals surface area contributed by atoms with Gasteiger partial charge in [-0.25, -0.2) is 0 Å². The third-order valence-corrected chi connectivity index (χ3v) is 13.3. The first kappa shape index (κ1) is 26.3. The average molecular weight is 499 g/mol. The summed E-state index contributed by atoms with van der Waals surface area (Å²) in [5.74, 6) is 1.28. The third-order valence-electron chi connectivity index (χ3n) is 13.3. The number of aliphatic carboxylic acids is 1. The lowest BCUT2D eigenvalue weighted by Gasteiger charge is -2.72. The van der Waals surface area contributed by atoms with Gasteiger partial charge in [-0.3, -0.25) is 9.59 Å². The van der Waals surface area contributed by atoms with Crippen LogP contribution in [0.15, 0.2) is 11.1 Å². The number of esters is 1. The number of fused-ring (bicyclic) bond motifs is 7. The van der Waals surface area contributed by atoms with Crippen molar-refractivity contribution in [2.45, 2.75) is 126 Å². The van der Waals surface area contributed by atoms with Gasteiger partial charge < -0.3 is 9.84 Å². The highest BCUT2D eigenvalue weighted by Gasteiger charge is 2.70. The zero-order valence-electron chi connectivity index (χ0n) is 24.1. The largest absolute Gasteiger partial charge is 0.481 e. The van der Waals surface area contributed by atoms with Gasteiger partial charge in [0.25, 0.3) is 0 Å². The van der Waals surface area contributed by atoms with Gasteiger partial charge in [0.1, 0.15) is 6.10 Å². The van der Waals surface area contributed by atoms with E-state index in [9.17, 15) is 14.7 Å². The molecule has 5 aliphatic rings. The first-order valence-corrected chi connectivity index (χ1v) is 14.8. The fraction of sp³-hybridized carbons (Fsp3) is 0.875. The molecule has 36 heavy (non-hydrogen) atoms. The molecule has 4 heteroatoms. The number of carbonyl (C=O) groups excluding carboxylic acids is 1. The maximum atomic E-state index is 12.8. The summed E-state index contributed by atoms with van der Waals surface area (Å²) < 4.78 is 5.88. The molecule has 0 saturated heterocycles. The highest BCUT2D eigenvalue weighted by molar-refractivity contribution is 5.81. The van der Waals surface area contributed by atoms with Crippen molar-refractivity contribution in [1.82, 2.24) is 0 Å². The van der Waals surface area contributed by atoms with Gasteiger partial charge >= 0.3 is 11.9 Å². The van der Waals surface area contributed by atoms with Crippen molar-refractivity contribution in [2.24, 2.45) is 50.7 Å². The van der Waals surface area contributed by atoms with Crippen LogP contribution in [-0.4, -0.2) is 23.1 Å². The van der Waals surface area contributed by atoms with Gasteiger partial charge in [0, 0.05) is 12.3 Å². The van der Waals surface area contributed by atoms with E-state index >= 15 is 0 Å². The van der Waals surface area contributed by atoms with Crippen LogP contribution >= 0.6 is 0 Å². The zero-order valence-corrected chi connectivity index (χ0v) is 24.1. The molecule has 0 aromatic rings. The number of carboxylic acid groups (broad SMARTS) is 1. The highest BCUT2D eigenvalue weighted by Crippen LogP contribution is 2.76. The minimum atomic E-state index is -0.613. The Morgan fingerprint density at radius 1 is 0.861 bits per heavy atom. The third kappa shape index (κ3) is 3.17. The van der Waals surface area contributed by atoms with Gasteiger partial charge in [-0.05, 0) is 110 Å². The van der Waals surface area contributed by atoms with Crippen LogP contribution in [0.25, 0.3) is 0 Å². The van der Waals surface area contributed by atoms with E-state index in [4.69, 9.17) is 4.74 Å². The Morgan fingerprint density at radius 3 is 2.17 bits per heavy atom. The Balaban J connectivity index is 1.55. The smallest absolute Gasteiger partial charge is 0.313 e. The van der Waals surface area contributed by atoms with Gasteiger partial charge in [-0.15, -0.1) is 0 Å². The van der Waals surface area contributed by atoms with Gasteiger partial charge in [0.15, 0.2) is 0 Å². The van der Waals surface area contributed by atoms with Crippen LogP contribution < -0.4 is 0 Å². The van der Waals surface area contributed by atoms with E-state index in [1.54, 1.807) is 6.92 Å². The molecule has 0 aromatic carbocycles. The summed E-state index contributed by atoms with van der Waals surface area (Å²) in [5, 5.41) is 10.5. The lowest BCUT2D eigenvalue weighted by Crippen LogP contribution is -2.66. The maximum Gasteiger partial charge on any atom is 0.313 e. The van der Waals surface area contributed by atoms with Crippen molar-refractivity contribution in [3.05, 3.63) is 11.1 Å². The van der Waals surface area contributed by atoms with Crippen molar-refractivity contribution in [3.8, 4) is 0 Å². The number of ether oxygens (including phenoxy) is 1. The molecule has 202 valence electrons. The Hall–Kier alpha value is -1.32. The lowest BCUT2D eigenvalue weighted by atomic mass is 9.33. The minimum absolute atomic E-state index is 0.00691. The van der Waals surface area contributed by atoms with Crippen molar-refractivity contribution >= 4 is 11.9 Å². The van der Waals surface area contributed by atoms with Crippen LogP contribution in [0.2, 0.25) is 0 Å². The van der Waals surface area contributed by atoms with Crippen LogP contribution in [0.3, 0.4) is 0 Å². The molecule has 8 atom stereocenters. The molecule has 0 aliphatic heterocycles. The van der Waals surface area contributed by atoms with E-state index in [2.05, 4.69) is 48.5 Å². The number of hydrogen-bond acceptors (Lipinski definition) is 3. The fourth-order valence-corrected chi connectivity index (χ4v) is 11.4. The summed E-state index contributed by atoms with van der Waals surface area (Å²) in [5.41, 5.74) is 2.77. The van der Waals surface area contributed by atoms with Crippen LogP contribution in [0.1, 0.15) is 120 Å². The van der Waals surface area contributed by atoms with E-state index in [1.165, 1.54) is 30.4 Å². The number of rotatable bonds is 3. The molecule has 4 saturated carbocycles. The van der Waals surface area contributed by atoms with Crippen molar-refractivity contribution in [3.63, 3.8) is 0 Å². The van der Waals surface area contributed by atoms with Gasteiger partial charge in [0.2, 0.25) is 0 Å². The molecule has 0 unspecified atom stereocenters. The quantitative estimate of drug-likeness (QED) is 0.318. The van der Waals surface area contributed by atoms with Crippen LogP contribution in [0, 0.1) is 50.7 Å². The number of hydrogen-bond donors (Lipinski definition) is 1. The van der Waals surface area contributed by atoms with Gasteiger partial charge in [-0.2, -0.15) is 0 Å². The predicted molar refractivity (Wildman–Crippen MR) is 142 cm³/mol. The van der Waals surface area contributed by atoms with E-state index in [-0.39, 0.29) is 33.7 Å². The fourth-order valence-electron chi connectivity index (χ4n) is 11.4. The molecule has 5 aliphatic carbocycles. The zero-order chi connectivity index (χ0) is 26.5. The average Bonchev–Trinajstić information content (AvgIpc) is 3.17. The van der Waals surface area contributed by atoms with Gasteiger partial charge in [0.05, 0.1) is 5.41 Å². The summed E-state index contributed by atoms with van der Waals surface area (Å²) in [6.07, 6.45) is 10.4. The van der Waals surface area contributed by atoms with E-state index in [0.717, 1.165) is 44.9 Å². The van der Waals surface area contributed by atoms with E-state index in [0.29, 0.717) is 23.7 Å². The lowest BCUT2D eigenvalue weighted by molar-refractivity contribution is -0.233. The first-order chi connectivity index (χ1) is 16.6. The Bertz CT molecular complexity index is 992. The molecule has 1 N–H and O–H groups in total. The molecular weight excluding hydrogens is 448 g/mol. The summed E-state index contributed by atoms with van der Waals surface area (Å²) in [4.78, 5) is 24.7. The molecule has 0 aromatic heterocycles. The van der Waals surface area contributed by atoms with E-state index < -0.39 is 11.4 Å². The highest BCUT2D eigenvalue weighted by atomic mass is 16.5. The molecule has 4 fully saturated rings. The number of carbonyl (C=O) groups is 2. The van der Waals surface area contributed by atoms with Crippen LogP contribution in [0.5, 0.6) is 0 Å². The molecule has 0 heterocycles. The molecule has 0 amide bonds. The van der Waals surface area contributed by atoms with Crippen molar-refractivity contribution in [2.75, 3.05) is 0 Å². The minimum Gasteiger partial charge on any atom is -0.481 e. The molecular formula is C32H50O4. The first-order valence-electron chi connectivity index (χ1n) is 14.8. The Morgan fingerprint density at radius 2 is 1.56 bits per heavy atom. The SMILES string of the molecule is CC(=O)O[C@H]1CC[C@]2(C)[C@H]3CC[C@@H]4C5=C(C(C)C)CC[C@]5(C(=O)O)CC[C@@]4(C)[C@]3(C)CC[C@H]2C1(C)C. The number of carboxylic acids is 1. The molecule has 0 radical (unpaired) electrons. The monoisotopic (exact) mass is 498 g/mol. The normalized spacial score (nSPS) is 47.5. The standard InChI is InChI=1S/C32H50O4/c1-19(2)21-11-16-32(27(34)35)18-17-30(7)22(26(21)32)9-10-24-29(6)14-13-25(36-20(3)33)28(4,5)23(29)12-15-31(24,30)8/h19,22-25H,9-18H2,1-8H3,(H,34,35)/t22-,23+,24-,25+,29+,30-,31-,32+/m1/s1. The molecule has 0 bridgehead atoms. The van der Waals surface area contributed by atoms with Crippen molar-refractivity contribution < 1.29 is 19.4 Å². The van der Waals surface area contributed by atoms with Crippen LogP contribution in [-0.2, 0) is 14.3 Å². The molecule has 0 spiro atoms. The van der Waals surface area contributed by atoms with Gasteiger partial charge in [-0.1, -0.05) is 54.0 Å². The van der Waals surface area contributed by atoms with Crippen LogP contribution in [0.4, 0.5) is 0 Å². The predicted octanol–water partition coefficient (Wildman–Crippen LogP) is 7.80. The Labute approximate surface area is 219 Å². The summed E-state index contributed by atoms with van der Waals surface area (Å²) in [6.45, 7) is 18.5. The second-order valence-corrected chi connectivity index (χ2v) is 15.1. The number of allylic oxidation sites excluding steroid dienone is 1. The Kier molecular flexibility index (Phi) is 5.91.